The van der Waals surface area contributed by atoms with Crippen LogP contribution >= 0.6 is 0 Å². The van der Waals surface area contributed by atoms with Crippen LogP contribution in [0.4, 0.5) is 0 Å². The highest BCUT2D eigenvalue weighted by molar-refractivity contribution is 6.02. The monoisotopic (exact) mass is 340 g/mol. The number of fused-ring (bicyclic) bond motifs is 1. The molecule has 1 aliphatic rings. The molecule has 0 bridgehead atoms. The van der Waals surface area contributed by atoms with Gasteiger partial charge in [0.15, 0.2) is 5.78 Å². The number of benzene rings is 1. The Morgan fingerprint density at radius 2 is 2.00 bits per heavy atom. The molecule has 3 rings (SSSR count). The number of hydrogen-bond acceptors (Lipinski definition) is 3. The van der Waals surface area contributed by atoms with Crippen LogP contribution in [-0.4, -0.2) is 28.3 Å². The Balaban J connectivity index is 1.80. The Labute approximate surface area is 147 Å². The molecule has 0 saturated carbocycles. The molecule has 2 aromatic rings. The number of hydrogen-bond donors (Lipinski definition) is 3. The van der Waals surface area contributed by atoms with Gasteiger partial charge in [0.05, 0.1) is 6.54 Å². The number of ketones is 1. The maximum absolute atomic E-state index is 12.6. The summed E-state index contributed by atoms with van der Waals surface area (Å²) in [6.45, 7) is 5.19. The van der Waals surface area contributed by atoms with Gasteiger partial charge in [-0.05, 0) is 56.7 Å². The van der Waals surface area contributed by atoms with Crippen LogP contribution < -0.4 is 5.32 Å². The van der Waals surface area contributed by atoms with Gasteiger partial charge in [-0.2, -0.15) is 0 Å². The summed E-state index contributed by atoms with van der Waals surface area (Å²) < 4.78 is 0. The number of amides is 1. The average Bonchev–Trinajstić information content (AvgIpc) is 2.88. The normalized spacial score (nSPS) is 19.4. The van der Waals surface area contributed by atoms with Gasteiger partial charge in [-0.15, -0.1) is 0 Å². The van der Waals surface area contributed by atoms with E-state index in [9.17, 15) is 14.7 Å². The lowest BCUT2D eigenvalue weighted by Crippen LogP contribution is -2.43. The van der Waals surface area contributed by atoms with Crippen LogP contribution in [0.5, 0.6) is 0 Å². The zero-order chi connectivity index (χ0) is 18.2. The molecule has 3 N–H and O–H groups in total. The van der Waals surface area contributed by atoms with Crippen LogP contribution in [0.2, 0.25) is 0 Å². The molecule has 0 aliphatic heterocycles. The van der Waals surface area contributed by atoms with Gasteiger partial charge in [-0.3, -0.25) is 9.59 Å². The van der Waals surface area contributed by atoms with Crippen molar-refractivity contribution in [2.24, 2.45) is 0 Å². The molecule has 1 aromatic carbocycles. The van der Waals surface area contributed by atoms with Gasteiger partial charge in [-0.25, -0.2) is 0 Å². The highest BCUT2D eigenvalue weighted by Crippen LogP contribution is 2.34. The predicted octanol–water partition coefficient (Wildman–Crippen LogP) is 2.79. The smallest absolute Gasteiger partial charge is 0.268 e. The van der Waals surface area contributed by atoms with E-state index in [0.717, 1.165) is 24.0 Å². The van der Waals surface area contributed by atoms with E-state index in [0.29, 0.717) is 28.9 Å². The zero-order valence-corrected chi connectivity index (χ0v) is 14.9. The number of aliphatic hydroxyl groups is 1. The molecule has 0 fully saturated rings. The van der Waals surface area contributed by atoms with Gasteiger partial charge in [-0.1, -0.05) is 24.3 Å². The second kappa shape index (κ2) is 6.48. The van der Waals surface area contributed by atoms with E-state index in [4.69, 9.17) is 0 Å². The third-order valence-corrected chi connectivity index (χ3v) is 5.11. The SMILES string of the molecule is CC(=O)c1c(C)[nH]c(C(=O)NC[C@@]2(O)CCCc3ccccc32)c1C. The third-order valence-electron chi connectivity index (χ3n) is 5.11. The fraction of sp³-hybridized carbons (Fsp3) is 0.400. The van der Waals surface area contributed by atoms with Crippen molar-refractivity contribution < 1.29 is 14.7 Å². The predicted molar refractivity (Wildman–Crippen MR) is 95.9 cm³/mol. The summed E-state index contributed by atoms with van der Waals surface area (Å²) in [5, 5.41) is 13.9. The van der Waals surface area contributed by atoms with Crippen molar-refractivity contribution in [1.82, 2.24) is 10.3 Å². The van der Waals surface area contributed by atoms with E-state index in [2.05, 4.69) is 10.3 Å². The Bertz CT molecular complexity index is 837. The van der Waals surface area contributed by atoms with Crippen molar-refractivity contribution in [2.75, 3.05) is 6.54 Å². The molecule has 5 nitrogen and oxygen atoms in total. The summed E-state index contributed by atoms with van der Waals surface area (Å²) in [6, 6.07) is 7.84. The first-order valence-electron chi connectivity index (χ1n) is 8.62. The van der Waals surface area contributed by atoms with Gasteiger partial charge in [0.1, 0.15) is 11.3 Å². The molecule has 0 radical (unpaired) electrons. The van der Waals surface area contributed by atoms with Gasteiger partial charge in [0, 0.05) is 11.3 Å². The zero-order valence-electron chi connectivity index (χ0n) is 14.9. The van der Waals surface area contributed by atoms with Crippen molar-refractivity contribution in [3.8, 4) is 0 Å². The lowest BCUT2D eigenvalue weighted by atomic mass is 9.79. The molecule has 0 spiro atoms. The van der Waals surface area contributed by atoms with Crippen LogP contribution in [0, 0.1) is 13.8 Å². The maximum atomic E-state index is 12.6. The first kappa shape index (κ1) is 17.4. The number of Topliss-reactive ketones (excluding diaryl/α,β-unsaturated/α-hetero) is 1. The quantitative estimate of drug-likeness (QED) is 0.749. The molecule has 132 valence electrons. The van der Waals surface area contributed by atoms with E-state index in [-0.39, 0.29) is 18.2 Å². The first-order valence-corrected chi connectivity index (χ1v) is 8.62. The van der Waals surface area contributed by atoms with E-state index < -0.39 is 5.60 Å². The van der Waals surface area contributed by atoms with Gasteiger partial charge in [0.2, 0.25) is 0 Å². The van der Waals surface area contributed by atoms with Gasteiger partial charge in [0.25, 0.3) is 5.91 Å². The molecule has 1 heterocycles. The molecule has 1 atom stereocenters. The summed E-state index contributed by atoms with van der Waals surface area (Å²) in [5.74, 6) is -0.366. The third kappa shape index (κ3) is 3.12. The van der Waals surface area contributed by atoms with E-state index >= 15 is 0 Å². The fourth-order valence-electron chi connectivity index (χ4n) is 3.90. The number of carbonyl (C=O) groups excluding carboxylic acids is 2. The van der Waals surface area contributed by atoms with Crippen LogP contribution in [-0.2, 0) is 12.0 Å². The Morgan fingerprint density at radius 3 is 2.68 bits per heavy atom. The number of aromatic amines is 1. The number of carbonyl (C=O) groups is 2. The summed E-state index contributed by atoms with van der Waals surface area (Å²) in [6.07, 6.45) is 2.45. The topological polar surface area (TPSA) is 82.2 Å². The van der Waals surface area contributed by atoms with Crippen LogP contribution in [0.25, 0.3) is 0 Å². The minimum atomic E-state index is -1.05. The highest BCUT2D eigenvalue weighted by atomic mass is 16.3. The second-order valence-electron chi connectivity index (χ2n) is 6.91. The Morgan fingerprint density at radius 1 is 1.28 bits per heavy atom. The molecule has 0 saturated heterocycles. The standard InChI is InChI=1S/C20H24N2O3/c1-12-17(14(3)23)13(2)22-18(12)19(24)21-11-20(25)10-6-8-15-7-4-5-9-16(15)20/h4-5,7,9,22,25H,6,8,10-11H2,1-3H3,(H,21,24)/t20-/m0/s1. The lowest BCUT2D eigenvalue weighted by molar-refractivity contribution is 0.0189. The summed E-state index contributed by atoms with van der Waals surface area (Å²) in [5.41, 5.74) is 3.27. The molecule has 1 aromatic heterocycles. The summed E-state index contributed by atoms with van der Waals surface area (Å²) in [7, 11) is 0. The number of nitrogens with one attached hydrogen (secondary N) is 2. The van der Waals surface area contributed by atoms with Gasteiger partial charge < -0.3 is 15.4 Å². The van der Waals surface area contributed by atoms with Crippen LogP contribution in [0.1, 0.15) is 63.0 Å². The van der Waals surface area contributed by atoms with Gasteiger partial charge >= 0.3 is 0 Å². The molecule has 5 heteroatoms. The number of aryl methyl sites for hydroxylation is 2. The lowest BCUT2D eigenvalue weighted by Gasteiger charge is -2.34. The molecular formula is C20H24N2O3. The van der Waals surface area contributed by atoms with Crippen molar-refractivity contribution in [3.63, 3.8) is 0 Å². The molecule has 1 amide bonds. The van der Waals surface area contributed by atoms with Crippen LogP contribution in [0.3, 0.4) is 0 Å². The highest BCUT2D eigenvalue weighted by Gasteiger charge is 2.34. The summed E-state index contributed by atoms with van der Waals surface area (Å²) >= 11 is 0. The van der Waals surface area contributed by atoms with Crippen LogP contribution in [0.15, 0.2) is 24.3 Å². The van der Waals surface area contributed by atoms with Crippen molar-refractivity contribution in [1.29, 1.82) is 0 Å². The molecular weight excluding hydrogens is 316 g/mol. The second-order valence-corrected chi connectivity index (χ2v) is 6.91. The summed E-state index contributed by atoms with van der Waals surface area (Å²) in [4.78, 5) is 27.3. The Kier molecular flexibility index (Phi) is 4.52. The number of rotatable bonds is 4. The van der Waals surface area contributed by atoms with Crippen molar-refractivity contribution in [3.05, 3.63) is 57.9 Å². The molecule has 0 unspecified atom stereocenters. The Hall–Kier alpha value is -2.40. The van der Waals surface area contributed by atoms with E-state index in [1.165, 1.54) is 6.92 Å². The number of aromatic nitrogens is 1. The largest absolute Gasteiger partial charge is 0.383 e. The maximum Gasteiger partial charge on any atom is 0.268 e. The van der Waals surface area contributed by atoms with Crippen molar-refractivity contribution >= 4 is 11.7 Å². The minimum Gasteiger partial charge on any atom is -0.383 e. The van der Waals surface area contributed by atoms with Crippen molar-refractivity contribution in [2.45, 2.75) is 45.6 Å². The minimum absolute atomic E-state index is 0.0647. The fourth-order valence-corrected chi connectivity index (χ4v) is 3.90. The molecule has 25 heavy (non-hydrogen) atoms. The van der Waals surface area contributed by atoms with E-state index in [1.807, 2.05) is 24.3 Å². The number of H-pyrrole nitrogens is 1. The average molecular weight is 340 g/mol. The first-order chi connectivity index (χ1) is 11.8. The molecule has 1 aliphatic carbocycles. The van der Waals surface area contributed by atoms with E-state index in [1.54, 1.807) is 13.8 Å².